The van der Waals surface area contributed by atoms with Gasteiger partial charge in [0.2, 0.25) is 0 Å². The number of halogens is 14. The SMILES string of the molecule is CCCc1ccc(OC(=O)C2CCC(C(F)(F)C(F)(F)C(F)(F)C(F)(F)C(F)(F)C(F)(F)F)CC2)c(F)c1. The van der Waals surface area contributed by atoms with E-state index in [0.717, 1.165) is 12.1 Å². The van der Waals surface area contributed by atoms with Crippen LogP contribution in [0.25, 0.3) is 0 Å². The van der Waals surface area contributed by atoms with E-state index < -0.39 is 90.8 Å². The molecule has 2 rings (SSSR count). The van der Waals surface area contributed by atoms with Gasteiger partial charge in [0.1, 0.15) is 0 Å². The molecule has 0 aromatic heterocycles. The summed E-state index contributed by atoms with van der Waals surface area (Å²) in [5.41, 5.74) is 0.559. The maximum Gasteiger partial charge on any atom is 0.460 e. The van der Waals surface area contributed by atoms with E-state index in [1.165, 1.54) is 6.07 Å². The van der Waals surface area contributed by atoms with Gasteiger partial charge < -0.3 is 4.74 Å². The van der Waals surface area contributed by atoms with Crippen molar-refractivity contribution in [2.24, 2.45) is 11.8 Å². The highest BCUT2D eigenvalue weighted by atomic mass is 19.4. The molecule has 1 aromatic rings. The van der Waals surface area contributed by atoms with Crippen molar-refractivity contribution in [1.29, 1.82) is 0 Å². The van der Waals surface area contributed by atoms with Crippen LogP contribution < -0.4 is 4.74 Å². The molecule has 0 heterocycles. The third-order valence-corrected chi connectivity index (χ3v) is 6.28. The van der Waals surface area contributed by atoms with E-state index in [2.05, 4.69) is 0 Å². The van der Waals surface area contributed by atoms with Crippen LogP contribution in [0.3, 0.4) is 0 Å². The largest absolute Gasteiger partial charge is 0.460 e. The average Bonchev–Trinajstić information content (AvgIpc) is 2.79. The van der Waals surface area contributed by atoms with Crippen LogP contribution in [0.5, 0.6) is 5.75 Å². The molecule has 1 aromatic carbocycles. The number of alkyl halides is 13. The second-order valence-electron chi connectivity index (χ2n) is 8.90. The minimum absolute atomic E-state index is 0.493. The van der Waals surface area contributed by atoms with Crippen molar-refractivity contribution in [3.8, 4) is 5.75 Å². The molecule has 218 valence electrons. The van der Waals surface area contributed by atoms with Gasteiger partial charge in [-0.3, -0.25) is 4.79 Å². The molecular weight excluding hydrogens is 562 g/mol. The highest BCUT2D eigenvalue weighted by Crippen LogP contribution is 2.62. The zero-order chi connectivity index (χ0) is 29.5. The van der Waals surface area contributed by atoms with Crippen molar-refractivity contribution in [2.75, 3.05) is 0 Å². The number of hydrogen-bond donors (Lipinski definition) is 0. The summed E-state index contributed by atoms with van der Waals surface area (Å²) in [5, 5.41) is 0. The Morgan fingerprint density at radius 2 is 1.29 bits per heavy atom. The number of hydrogen-bond acceptors (Lipinski definition) is 2. The molecule has 0 unspecified atom stereocenters. The Morgan fingerprint density at radius 1 is 0.789 bits per heavy atom. The van der Waals surface area contributed by atoms with Crippen molar-refractivity contribution < 1.29 is 71.0 Å². The van der Waals surface area contributed by atoms with Crippen LogP contribution in [-0.4, -0.2) is 41.8 Å². The Labute approximate surface area is 206 Å². The highest BCUT2D eigenvalue weighted by Gasteiger charge is 2.91. The maximum atomic E-state index is 14.4. The van der Waals surface area contributed by atoms with Crippen LogP contribution >= 0.6 is 0 Å². The summed E-state index contributed by atoms with van der Waals surface area (Å²) < 4.78 is 193. The van der Waals surface area contributed by atoms with E-state index in [1.807, 2.05) is 6.92 Å². The lowest BCUT2D eigenvalue weighted by Gasteiger charge is -2.43. The molecule has 0 spiro atoms. The van der Waals surface area contributed by atoms with E-state index in [4.69, 9.17) is 4.74 Å². The summed E-state index contributed by atoms with van der Waals surface area (Å²) in [5.74, 6) is -44.1. The van der Waals surface area contributed by atoms with Crippen molar-refractivity contribution in [3.05, 3.63) is 29.6 Å². The number of esters is 1. The molecule has 1 aliphatic rings. The van der Waals surface area contributed by atoms with E-state index in [1.54, 1.807) is 0 Å². The molecule has 0 amide bonds. The zero-order valence-electron chi connectivity index (χ0n) is 19.2. The molecule has 38 heavy (non-hydrogen) atoms. The summed E-state index contributed by atoms with van der Waals surface area (Å²) in [6.07, 6.45) is -10.3. The fourth-order valence-corrected chi connectivity index (χ4v) is 3.99. The van der Waals surface area contributed by atoms with Gasteiger partial charge in [-0.25, -0.2) is 4.39 Å². The molecular formula is C22H20F14O2. The van der Waals surface area contributed by atoms with Gasteiger partial charge in [-0.2, -0.15) is 57.1 Å². The molecule has 0 radical (unpaired) electrons. The average molecular weight is 582 g/mol. The summed E-state index contributed by atoms with van der Waals surface area (Å²) >= 11 is 0. The number of aryl methyl sites for hydroxylation is 1. The topological polar surface area (TPSA) is 26.3 Å². The van der Waals surface area contributed by atoms with Gasteiger partial charge in [-0.15, -0.1) is 0 Å². The molecule has 0 N–H and O–H groups in total. The van der Waals surface area contributed by atoms with E-state index in [-0.39, 0.29) is 0 Å². The zero-order valence-corrected chi connectivity index (χ0v) is 19.2. The first-order valence-corrected chi connectivity index (χ1v) is 11.0. The van der Waals surface area contributed by atoms with E-state index in [9.17, 15) is 66.3 Å². The lowest BCUT2D eigenvalue weighted by atomic mass is 9.75. The molecule has 0 atom stereocenters. The van der Waals surface area contributed by atoms with Crippen molar-refractivity contribution in [2.45, 2.75) is 81.2 Å². The Bertz CT molecular complexity index is 994. The lowest BCUT2D eigenvalue weighted by molar-refractivity contribution is -0.443. The quantitative estimate of drug-likeness (QED) is 0.167. The predicted molar refractivity (Wildman–Crippen MR) is 102 cm³/mol. The van der Waals surface area contributed by atoms with Crippen LogP contribution in [0, 0.1) is 17.7 Å². The van der Waals surface area contributed by atoms with Crippen LogP contribution in [0.4, 0.5) is 61.5 Å². The Hall–Kier alpha value is -2.29. The van der Waals surface area contributed by atoms with Gasteiger partial charge in [0.05, 0.1) is 5.92 Å². The normalized spacial score (nSPS) is 20.4. The Morgan fingerprint density at radius 3 is 1.74 bits per heavy atom. The van der Waals surface area contributed by atoms with Crippen LogP contribution in [0.15, 0.2) is 18.2 Å². The monoisotopic (exact) mass is 582 g/mol. The van der Waals surface area contributed by atoms with Crippen molar-refractivity contribution in [1.82, 2.24) is 0 Å². The van der Waals surface area contributed by atoms with Gasteiger partial charge in [0.25, 0.3) is 0 Å². The fraction of sp³-hybridized carbons (Fsp3) is 0.682. The third-order valence-electron chi connectivity index (χ3n) is 6.28. The lowest BCUT2D eigenvalue weighted by Crippen LogP contribution is -2.71. The molecule has 0 saturated heterocycles. The predicted octanol–water partition coefficient (Wildman–Crippen LogP) is 8.23. The molecule has 1 saturated carbocycles. The molecule has 0 aliphatic heterocycles. The first-order valence-electron chi connectivity index (χ1n) is 11.0. The standard InChI is InChI=1S/C22H20F14O2/c1-2-3-11-4-9-15(14(23)10-11)38-16(37)12-5-7-13(8-6-12)17(24,25)18(26,27)19(28,29)20(30,31)21(32,33)22(34,35)36/h4,9-10,12-13H,2-3,5-8H2,1H3. The van der Waals surface area contributed by atoms with E-state index in [0.29, 0.717) is 18.4 Å². The van der Waals surface area contributed by atoms with Crippen LogP contribution in [0.1, 0.15) is 44.6 Å². The van der Waals surface area contributed by atoms with Gasteiger partial charge in [0.15, 0.2) is 11.6 Å². The van der Waals surface area contributed by atoms with Crippen LogP contribution in [0.2, 0.25) is 0 Å². The smallest absolute Gasteiger partial charge is 0.423 e. The van der Waals surface area contributed by atoms with Gasteiger partial charge in [-0.1, -0.05) is 19.4 Å². The molecule has 1 aliphatic carbocycles. The summed E-state index contributed by atoms with van der Waals surface area (Å²) in [7, 11) is 0. The highest BCUT2D eigenvalue weighted by molar-refractivity contribution is 5.75. The van der Waals surface area contributed by atoms with Gasteiger partial charge >= 0.3 is 41.8 Å². The second kappa shape index (κ2) is 10.4. The van der Waals surface area contributed by atoms with E-state index >= 15 is 0 Å². The minimum Gasteiger partial charge on any atom is -0.423 e. The molecule has 1 fully saturated rings. The van der Waals surface area contributed by atoms with Crippen LogP contribution in [-0.2, 0) is 11.2 Å². The first kappa shape index (κ1) is 31.9. The number of rotatable bonds is 9. The number of carbonyl (C=O) groups is 1. The summed E-state index contributed by atoms with van der Waals surface area (Å²) in [6, 6.07) is 3.58. The number of benzene rings is 1. The van der Waals surface area contributed by atoms with Crippen molar-refractivity contribution >= 4 is 5.97 Å². The minimum atomic E-state index is -7.96. The molecule has 2 nitrogen and oxygen atoms in total. The Kier molecular flexibility index (Phi) is 8.70. The first-order chi connectivity index (χ1) is 17.1. The molecule has 0 bridgehead atoms. The maximum absolute atomic E-state index is 14.4. The fourth-order valence-electron chi connectivity index (χ4n) is 3.99. The number of ether oxygens (including phenoxy) is 1. The Balaban J connectivity index is 2.17. The van der Waals surface area contributed by atoms with Gasteiger partial charge in [-0.05, 0) is 49.8 Å². The summed E-state index contributed by atoms with van der Waals surface area (Å²) in [4.78, 5) is 12.2. The van der Waals surface area contributed by atoms with Gasteiger partial charge in [0, 0.05) is 5.92 Å². The summed E-state index contributed by atoms with van der Waals surface area (Å²) in [6.45, 7) is 1.81. The molecule has 16 heteroatoms. The second-order valence-corrected chi connectivity index (χ2v) is 8.90. The van der Waals surface area contributed by atoms with Crippen molar-refractivity contribution in [3.63, 3.8) is 0 Å². The third kappa shape index (κ3) is 5.27. The number of carbonyl (C=O) groups excluding carboxylic acids is 1.